The van der Waals surface area contributed by atoms with Gasteiger partial charge in [0, 0.05) is 10.5 Å². The summed E-state index contributed by atoms with van der Waals surface area (Å²) < 4.78 is 11.9. The lowest BCUT2D eigenvalue weighted by Gasteiger charge is -2.12. The fourth-order valence-electron chi connectivity index (χ4n) is 1.76. The summed E-state index contributed by atoms with van der Waals surface area (Å²) in [6, 6.07) is 13.1. The van der Waals surface area contributed by atoms with Crippen molar-refractivity contribution in [3.8, 4) is 11.5 Å². The van der Waals surface area contributed by atoms with Gasteiger partial charge in [-0.2, -0.15) is 0 Å². The molecule has 0 aliphatic heterocycles. The molecule has 0 saturated carbocycles. The molecule has 104 valence electrons. The molecule has 0 amide bonds. The van der Waals surface area contributed by atoms with E-state index < -0.39 is 0 Å². The van der Waals surface area contributed by atoms with E-state index in [1.807, 2.05) is 24.3 Å². The molecule has 2 rings (SSSR count). The van der Waals surface area contributed by atoms with E-state index in [2.05, 4.69) is 15.9 Å². The SMILES string of the molecule is COc1ccc(C(=N)N)c(OCc2cccc(Br)c2)c1. The van der Waals surface area contributed by atoms with Crippen LogP contribution in [0.5, 0.6) is 11.5 Å². The minimum Gasteiger partial charge on any atom is -0.497 e. The summed E-state index contributed by atoms with van der Waals surface area (Å²) in [6.07, 6.45) is 0. The summed E-state index contributed by atoms with van der Waals surface area (Å²) in [5.41, 5.74) is 7.14. The van der Waals surface area contributed by atoms with Crippen LogP contribution in [0.3, 0.4) is 0 Å². The smallest absolute Gasteiger partial charge is 0.134 e. The van der Waals surface area contributed by atoms with E-state index in [4.69, 9.17) is 20.6 Å². The predicted octanol–water partition coefficient (Wildman–Crippen LogP) is 3.32. The topological polar surface area (TPSA) is 68.3 Å². The zero-order valence-corrected chi connectivity index (χ0v) is 12.6. The molecule has 5 heteroatoms. The summed E-state index contributed by atoms with van der Waals surface area (Å²) in [6.45, 7) is 0.396. The maximum absolute atomic E-state index is 7.57. The summed E-state index contributed by atoms with van der Waals surface area (Å²) in [5, 5.41) is 7.57. The van der Waals surface area contributed by atoms with Crippen LogP contribution in [0.2, 0.25) is 0 Å². The Labute approximate surface area is 126 Å². The number of nitrogen functional groups attached to an aromatic ring is 1. The maximum atomic E-state index is 7.57. The van der Waals surface area contributed by atoms with Gasteiger partial charge in [0.1, 0.15) is 23.9 Å². The third kappa shape index (κ3) is 3.51. The monoisotopic (exact) mass is 334 g/mol. The first-order valence-corrected chi connectivity index (χ1v) is 6.79. The number of hydrogen-bond acceptors (Lipinski definition) is 3. The molecular weight excluding hydrogens is 320 g/mol. The highest BCUT2D eigenvalue weighted by molar-refractivity contribution is 9.10. The molecule has 2 aromatic rings. The molecule has 0 radical (unpaired) electrons. The largest absolute Gasteiger partial charge is 0.497 e. The van der Waals surface area contributed by atoms with Gasteiger partial charge < -0.3 is 15.2 Å². The van der Waals surface area contributed by atoms with Gasteiger partial charge in [0.25, 0.3) is 0 Å². The van der Waals surface area contributed by atoms with Gasteiger partial charge in [-0.25, -0.2) is 0 Å². The van der Waals surface area contributed by atoms with E-state index in [-0.39, 0.29) is 5.84 Å². The molecule has 20 heavy (non-hydrogen) atoms. The second-order valence-electron chi connectivity index (χ2n) is 4.19. The van der Waals surface area contributed by atoms with Gasteiger partial charge in [-0.05, 0) is 29.8 Å². The lowest BCUT2D eigenvalue weighted by atomic mass is 10.1. The third-order valence-electron chi connectivity index (χ3n) is 2.76. The lowest BCUT2D eigenvalue weighted by Crippen LogP contribution is -2.13. The molecule has 0 heterocycles. The summed E-state index contributed by atoms with van der Waals surface area (Å²) in [4.78, 5) is 0. The molecule has 0 atom stereocenters. The number of benzene rings is 2. The summed E-state index contributed by atoms with van der Waals surface area (Å²) >= 11 is 3.42. The lowest BCUT2D eigenvalue weighted by molar-refractivity contribution is 0.303. The molecule has 0 unspecified atom stereocenters. The van der Waals surface area contributed by atoms with E-state index in [1.165, 1.54) is 0 Å². The number of methoxy groups -OCH3 is 1. The van der Waals surface area contributed by atoms with Crippen molar-refractivity contribution >= 4 is 21.8 Å². The molecule has 0 aliphatic rings. The molecule has 3 N–H and O–H groups in total. The first-order valence-electron chi connectivity index (χ1n) is 6.00. The van der Waals surface area contributed by atoms with Crippen LogP contribution in [0.25, 0.3) is 0 Å². The first kappa shape index (κ1) is 14.4. The fourth-order valence-corrected chi connectivity index (χ4v) is 2.21. The van der Waals surface area contributed by atoms with Crippen LogP contribution < -0.4 is 15.2 Å². The van der Waals surface area contributed by atoms with E-state index in [1.54, 1.807) is 25.3 Å². The van der Waals surface area contributed by atoms with E-state index in [0.717, 1.165) is 10.0 Å². The van der Waals surface area contributed by atoms with E-state index in [0.29, 0.717) is 23.7 Å². The standard InChI is InChI=1S/C15H15BrN2O2/c1-19-12-5-6-13(15(17)18)14(8-12)20-9-10-3-2-4-11(16)7-10/h2-8H,9H2,1H3,(H3,17,18). The Morgan fingerprint density at radius 3 is 2.70 bits per heavy atom. The van der Waals surface area contributed by atoms with Gasteiger partial charge in [0.15, 0.2) is 0 Å². The molecule has 2 aromatic carbocycles. The van der Waals surface area contributed by atoms with Gasteiger partial charge in [0.2, 0.25) is 0 Å². The fraction of sp³-hybridized carbons (Fsp3) is 0.133. The zero-order chi connectivity index (χ0) is 14.5. The van der Waals surface area contributed by atoms with Crippen molar-refractivity contribution < 1.29 is 9.47 Å². The highest BCUT2D eigenvalue weighted by Crippen LogP contribution is 2.25. The predicted molar refractivity (Wildman–Crippen MR) is 82.5 cm³/mol. The Bertz CT molecular complexity index is 629. The van der Waals surface area contributed by atoms with E-state index >= 15 is 0 Å². The Kier molecular flexibility index (Phi) is 4.63. The van der Waals surface area contributed by atoms with Crippen molar-refractivity contribution in [3.63, 3.8) is 0 Å². The first-order chi connectivity index (χ1) is 9.60. The van der Waals surface area contributed by atoms with Crippen molar-refractivity contribution in [2.24, 2.45) is 5.73 Å². The number of halogens is 1. The van der Waals surface area contributed by atoms with Gasteiger partial charge >= 0.3 is 0 Å². The number of amidine groups is 1. The van der Waals surface area contributed by atoms with Crippen molar-refractivity contribution in [2.75, 3.05) is 7.11 Å². The second-order valence-corrected chi connectivity index (χ2v) is 5.11. The molecule has 0 bridgehead atoms. The Hall–Kier alpha value is -2.01. The van der Waals surface area contributed by atoms with Gasteiger partial charge in [-0.1, -0.05) is 28.1 Å². The number of nitrogens with one attached hydrogen (secondary N) is 1. The van der Waals surface area contributed by atoms with Crippen LogP contribution in [0.15, 0.2) is 46.9 Å². The average molecular weight is 335 g/mol. The van der Waals surface area contributed by atoms with Crippen molar-refractivity contribution in [3.05, 3.63) is 58.1 Å². The molecule has 0 aliphatic carbocycles. The minimum absolute atomic E-state index is 0.0307. The van der Waals surface area contributed by atoms with Gasteiger partial charge in [-0.15, -0.1) is 0 Å². The highest BCUT2D eigenvalue weighted by atomic mass is 79.9. The van der Waals surface area contributed by atoms with Crippen LogP contribution in [-0.2, 0) is 6.61 Å². The van der Waals surface area contributed by atoms with Crippen LogP contribution in [0.1, 0.15) is 11.1 Å². The molecule has 0 aromatic heterocycles. The highest BCUT2D eigenvalue weighted by Gasteiger charge is 2.09. The molecule has 0 fully saturated rings. The second kappa shape index (κ2) is 6.43. The zero-order valence-electron chi connectivity index (χ0n) is 11.0. The van der Waals surface area contributed by atoms with Gasteiger partial charge in [0.05, 0.1) is 12.7 Å². The van der Waals surface area contributed by atoms with Gasteiger partial charge in [-0.3, -0.25) is 5.41 Å². The summed E-state index contributed by atoms with van der Waals surface area (Å²) in [5.74, 6) is 1.17. The third-order valence-corrected chi connectivity index (χ3v) is 3.26. The number of ether oxygens (including phenoxy) is 2. The van der Waals surface area contributed by atoms with Crippen molar-refractivity contribution in [1.29, 1.82) is 5.41 Å². The summed E-state index contributed by atoms with van der Waals surface area (Å²) in [7, 11) is 1.58. The van der Waals surface area contributed by atoms with Crippen molar-refractivity contribution in [2.45, 2.75) is 6.61 Å². The number of hydrogen-bond donors (Lipinski definition) is 2. The quantitative estimate of drug-likeness (QED) is 0.651. The Morgan fingerprint density at radius 2 is 2.05 bits per heavy atom. The van der Waals surface area contributed by atoms with Crippen LogP contribution in [0, 0.1) is 5.41 Å². The van der Waals surface area contributed by atoms with Crippen LogP contribution in [0.4, 0.5) is 0 Å². The minimum atomic E-state index is -0.0307. The molecule has 0 spiro atoms. The van der Waals surface area contributed by atoms with Crippen LogP contribution >= 0.6 is 15.9 Å². The molecule has 4 nitrogen and oxygen atoms in total. The van der Waals surface area contributed by atoms with Crippen molar-refractivity contribution in [1.82, 2.24) is 0 Å². The maximum Gasteiger partial charge on any atom is 0.134 e. The molecular formula is C15H15BrN2O2. The van der Waals surface area contributed by atoms with Crippen LogP contribution in [-0.4, -0.2) is 12.9 Å². The number of rotatable bonds is 5. The normalized spacial score (nSPS) is 10.1. The van der Waals surface area contributed by atoms with E-state index in [9.17, 15) is 0 Å². The number of nitrogens with two attached hydrogens (primary N) is 1. The Morgan fingerprint density at radius 1 is 1.25 bits per heavy atom. The average Bonchev–Trinajstić information content (AvgIpc) is 2.44. The molecule has 0 saturated heterocycles. The Balaban J connectivity index is 2.21.